The van der Waals surface area contributed by atoms with E-state index < -0.39 is 0 Å². The van der Waals surface area contributed by atoms with Gasteiger partial charge in [-0.15, -0.1) is 10.2 Å². The molecule has 0 N–H and O–H groups in total. The van der Waals surface area contributed by atoms with E-state index in [1.54, 1.807) is 27.9 Å². The van der Waals surface area contributed by atoms with E-state index in [1.165, 1.54) is 7.11 Å². The molecule has 1 amide bonds. The van der Waals surface area contributed by atoms with Crippen LogP contribution < -0.4 is 4.74 Å². The fourth-order valence-electron chi connectivity index (χ4n) is 2.56. The summed E-state index contributed by atoms with van der Waals surface area (Å²) in [6, 6.07) is 3.48. The van der Waals surface area contributed by atoms with Crippen molar-refractivity contribution in [1.82, 2.24) is 24.9 Å². The van der Waals surface area contributed by atoms with E-state index in [9.17, 15) is 4.79 Å². The molecule has 0 aromatic carbocycles. The highest BCUT2D eigenvalue weighted by Gasteiger charge is 2.24. The smallest absolute Gasteiger partial charge is 0.257 e. The minimum absolute atomic E-state index is 0.0159. The van der Waals surface area contributed by atoms with Gasteiger partial charge in [-0.3, -0.25) is 4.79 Å². The van der Waals surface area contributed by atoms with Crippen molar-refractivity contribution in [3.8, 4) is 11.7 Å². The van der Waals surface area contributed by atoms with Gasteiger partial charge in [0.15, 0.2) is 5.82 Å². The molecule has 1 fully saturated rings. The molecule has 3 heterocycles. The molecule has 8 heteroatoms. The van der Waals surface area contributed by atoms with Crippen molar-refractivity contribution in [1.29, 1.82) is 0 Å². The number of amides is 1. The SMILES string of the molecule is CCc1c(C(=O)N2CCOCC2)cnn1-c1ccc(OC)nn1. The molecule has 0 aliphatic carbocycles. The average molecular weight is 317 g/mol. The summed E-state index contributed by atoms with van der Waals surface area (Å²) in [4.78, 5) is 14.5. The minimum Gasteiger partial charge on any atom is -0.480 e. The van der Waals surface area contributed by atoms with Crippen LogP contribution in [-0.4, -0.2) is 64.2 Å². The standard InChI is InChI=1S/C15H19N5O3/c1-3-12-11(15(21)19-6-8-23-9-7-19)10-16-20(12)13-4-5-14(22-2)18-17-13/h4-5,10H,3,6-9H2,1-2H3. The van der Waals surface area contributed by atoms with E-state index >= 15 is 0 Å². The van der Waals surface area contributed by atoms with Crippen molar-refractivity contribution in [2.75, 3.05) is 33.4 Å². The number of hydrogen-bond donors (Lipinski definition) is 0. The van der Waals surface area contributed by atoms with Crippen LogP contribution in [0.1, 0.15) is 23.0 Å². The summed E-state index contributed by atoms with van der Waals surface area (Å²) in [5.41, 5.74) is 1.42. The number of methoxy groups -OCH3 is 1. The molecule has 0 radical (unpaired) electrons. The predicted octanol–water partition coefficient (Wildman–Crippen LogP) is 0.706. The normalized spacial score (nSPS) is 14.8. The highest BCUT2D eigenvalue weighted by atomic mass is 16.5. The van der Waals surface area contributed by atoms with Gasteiger partial charge in [-0.05, 0) is 12.5 Å². The van der Waals surface area contributed by atoms with Crippen LogP contribution in [0, 0.1) is 0 Å². The quantitative estimate of drug-likeness (QED) is 0.826. The Morgan fingerprint density at radius 2 is 2.09 bits per heavy atom. The maximum atomic E-state index is 12.7. The van der Waals surface area contributed by atoms with Crippen LogP contribution in [0.4, 0.5) is 0 Å². The Balaban J connectivity index is 1.90. The van der Waals surface area contributed by atoms with E-state index in [0.717, 1.165) is 5.69 Å². The molecule has 0 unspecified atom stereocenters. The van der Waals surface area contributed by atoms with Gasteiger partial charge in [0.1, 0.15) is 0 Å². The van der Waals surface area contributed by atoms with E-state index in [2.05, 4.69) is 15.3 Å². The predicted molar refractivity (Wildman–Crippen MR) is 81.8 cm³/mol. The molecule has 0 bridgehead atoms. The fraction of sp³-hybridized carbons (Fsp3) is 0.467. The van der Waals surface area contributed by atoms with Crippen LogP contribution in [0.5, 0.6) is 5.88 Å². The average Bonchev–Trinajstić information content (AvgIpc) is 3.05. The molecule has 1 aliphatic rings. The first-order valence-corrected chi connectivity index (χ1v) is 7.56. The van der Waals surface area contributed by atoms with Crippen molar-refractivity contribution in [2.24, 2.45) is 0 Å². The van der Waals surface area contributed by atoms with Crippen molar-refractivity contribution in [3.05, 3.63) is 29.6 Å². The second-order valence-corrected chi connectivity index (χ2v) is 5.11. The number of carbonyl (C=O) groups is 1. The third-order valence-corrected chi connectivity index (χ3v) is 3.78. The summed E-state index contributed by atoms with van der Waals surface area (Å²) in [7, 11) is 1.54. The van der Waals surface area contributed by atoms with Crippen LogP contribution in [0.15, 0.2) is 18.3 Å². The van der Waals surface area contributed by atoms with Gasteiger partial charge in [0, 0.05) is 19.2 Å². The third kappa shape index (κ3) is 3.02. The van der Waals surface area contributed by atoms with Gasteiger partial charge in [-0.2, -0.15) is 5.10 Å². The zero-order valence-corrected chi connectivity index (χ0v) is 13.2. The van der Waals surface area contributed by atoms with Crippen molar-refractivity contribution < 1.29 is 14.3 Å². The van der Waals surface area contributed by atoms with Gasteiger partial charge in [0.25, 0.3) is 5.91 Å². The molecular weight excluding hydrogens is 298 g/mol. The molecule has 1 aliphatic heterocycles. The number of ether oxygens (including phenoxy) is 2. The Bertz CT molecular complexity index is 677. The number of aromatic nitrogens is 4. The first-order valence-electron chi connectivity index (χ1n) is 7.56. The summed E-state index contributed by atoms with van der Waals surface area (Å²) in [6.45, 7) is 4.35. The lowest BCUT2D eigenvalue weighted by atomic mass is 10.1. The number of nitrogens with zero attached hydrogens (tertiary/aromatic N) is 5. The maximum absolute atomic E-state index is 12.7. The molecule has 0 spiro atoms. The van der Waals surface area contributed by atoms with Gasteiger partial charge in [0.2, 0.25) is 5.88 Å². The second-order valence-electron chi connectivity index (χ2n) is 5.11. The Morgan fingerprint density at radius 3 is 2.70 bits per heavy atom. The lowest BCUT2D eigenvalue weighted by molar-refractivity contribution is 0.0302. The van der Waals surface area contributed by atoms with E-state index in [1.807, 2.05) is 6.92 Å². The molecule has 3 rings (SSSR count). The van der Waals surface area contributed by atoms with Gasteiger partial charge in [0.05, 0.1) is 37.8 Å². The highest BCUT2D eigenvalue weighted by molar-refractivity contribution is 5.95. The number of hydrogen-bond acceptors (Lipinski definition) is 6. The summed E-state index contributed by atoms with van der Waals surface area (Å²) in [5.74, 6) is 0.977. The third-order valence-electron chi connectivity index (χ3n) is 3.78. The first kappa shape index (κ1) is 15.4. The van der Waals surface area contributed by atoms with Gasteiger partial charge in [-0.1, -0.05) is 6.92 Å². The fourth-order valence-corrected chi connectivity index (χ4v) is 2.56. The molecule has 8 nitrogen and oxygen atoms in total. The first-order chi connectivity index (χ1) is 11.2. The molecule has 0 atom stereocenters. The van der Waals surface area contributed by atoms with E-state index in [-0.39, 0.29) is 5.91 Å². The Labute approximate surface area is 134 Å². The molecule has 122 valence electrons. The molecule has 2 aromatic rings. The largest absolute Gasteiger partial charge is 0.480 e. The number of carbonyl (C=O) groups excluding carboxylic acids is 1. The molecule has 2 aromatic heterocycles. The molecule has 0 saturated carbocycles. The summed E-state index contributed by atoms with van der Waals surface area (Å²) >= 11 is 0. The zero-order chi connectivity index (χ0) is 16.2. The number of morpholine rings is 1. The van der Waals surface area contributed by atoms with Gasteiger partial charge < -0.3 is 14.4 Å². The minimum atomic E-state index is -0.0159. The maximum Gasteiger partial charge on any atom is 0.257 e. The van der Waals surface area contributed by atoms with Crippen LogP contribution in [0.3, 0.4) is 0 Å². The van der Waals surface area contributed by atoms with Gasteiger partial charge in [-0.25, -0.2) is 4.68 Å². The van der Waals surface area contributed by atoms with Crippen LogP contribution in [0.25, 0.3) is 5.82 Å². The highest BCUT2D eigenvalue weighted by Crippen LogP contribution is 2.17. The number of rotatable bonds is 4. The Kier molecular flexibility index (Phi) is 4.52. The summed E-state index contributed by atoms with van der Waals surface area (Å²) < 4.78 is 12.0. The van der Waals surface area contributed by atoms with Crippen LogP contribution in [0.2, 0.25) is 0 Å². The van der Waals surface area contributed by atoms with Gasteiger partial charge >= 0.3 is 0 Å². The van der Waals surface area contributed by atoms with Crippen LogP contribution >= 0.6 is 0 Å². The topological polar surface area (TPSA) is 82.4 Å². The lowest BCUT2D eigenvalue weighted by Crippen LogP contribution is -2.40. The van der Waals surface area contributed by atoms with Crippen molar-refractivity contribution in [3.63, 3.8) is 0 Å². The van der Waals surface area contributed by atoms with E-state index in [4.69, 9.17) is 9.47 Å². The molecular formula is C15H19N5O3. The Morgan fingerprint density at radius 1 is 1.30 bits per heavy atom. The second kappa shape index (κ2) is 6.74. The lowest BCUT2D eigenvalue weighted by Gasteiger charge is -2.26. The summed E-state index contributed by atoms with van der Waals surface area (Å²) in [6.07, 6.45) is 2.27. The monoisotopic (exact) mass is 317 g/mol. The molecule has 1 saturated heterocycles. The summed E-state index contributed by atoms with van der Waals surface area (Å²) in [5, 5.41) is 12.4. The Hall–Kier alpha value is -2.48. The van der Waals surface area contributed by atoms with Crippen LogP contribution in [-0.2, 0) is 11.2 Å². The zero-order valence-electron chi connectivity index (χ0n) is 13.2. The van der Waals surface area contributed by atoms with E-state index in [0.29, 0.717) is 50.0 Å². The molecule has 23 heavy (non-hydrogen) atoms. The van der Waals surface area contributed by atoms with Crippen molar-refractivity contribution in [2.45, 2.75) is 13.3 Å². The van der Waals surface area contributed by atoms with Crippen molar-refractivity contribution >= 4 is 5.91 Å².